The Labute approximate surface area is 252 Å². The van der Waals surface area contributed by atoms with E-state index < -0.39 is 11.0 Å². The number of nitrogens with zero attached hydrogens (tertiary/aromatic N) is 1. The van der Waals surface area contributed by atoms with Crippen molar-refractivity contribution in [3.05, 3.63) is 70.3 Å². The Bertz CT molecular complexity index is 1280. The SMILES string of the molecule is CCCc1cc(Cl)ccc1C1COc2ccc(C=O)cc2N(CC2CCC2C(=O)/C=C/CC(C)C(C)S(=O)NC)C1. The van der Waals surface area contributed by atoms with E-state index in [0.717, 1.165) is 61.5 Å². The Morgan fingerprint density at radius 2 is 2.02 bits per heavy atom. The van der Waals surface area contributed by atoms with Crippen LogP contribution in [0.1, 0.15) is 73.9 Å². The minimum atomic E-state index is -1.08. The van der Waals surface area contributed by atoms with Gasteiger partial charge in [-0.25, -0.2) is 8.93 Å². The molecule has 6 unspecified atom stereocenters. The first-order chi connectivity index (χ1) is 19.7. The number of hydrogen-bond donors (Lipinski definition) is 1. The lowest BCUT2D eigenvalue weighted by atomic mass is 9.70. The van der Waals surface area contributed by atoms with Crippen molar-refractivity contribution >= 4 is 40.3 Å². The van der Waals surface area contributed by atoms with Crippen LogP contribution in [0.3, 0.4) is 0 Å². The van der Waals surface area contributed by atoms with E-state index >= 15 is 0 Å². The van der Waals surface area contributed by atoms with Crippen LogP contribution in [0.4, 0.5) is 5.69 Å². The third-order valence-electron chi connectivity index (χ3n) is 8.77. The molecule has 1 saturated carbocycles. The first-order valence-electron chi connectivity index (χ1n) is 14.8. The fourth-order valence-electron chi connectivity index (χ4n) is 5.96. The summed E-state index contributed by atoms with van der Waals surface area (Å²) in [5.41, 5.74) is 4.02. The third-order valence-corrected chi connectivity index (χ3v) is 10.6. The maximum atomic E-state index is 13.2. The van der Waals surface area contributed by atoms with Crippen LogP contribution in [0, 0.1) is 17.8 Å². The summed E-state index contributed by atoms with van der Waals surface area (Å²) in [6.45, 7) is 8.20. The molecular formula is C33H43ClN2O4S. The van der Waals surface area contributed by atoms with Crippen molar-refractivity contribution in [2.75, 3.05) is 31.6 Å². The second-order valence-electron chi connectivity index (χ2n) is 11.5. The number of nitrogens with one attached hydrogen (secondary N) is 1. The number of benzene rings is 2. The summed E-state index contributed by atoms with van der Waals surface area (Å²) >= 11 is 6.36. The van der Waals surface area contributed by atoms with Crippen molar-refractivity contribution in [1.29, 1.82) is 0 Å². The Kier molecular flexibility index (Phi) is 11.2. The van der Waals surface area contributed by atoms with Gasteiger partial charge in [-0.2, -0.15) is 0 Å². The number of hydrogen-bond acceptors (Lipinski definition) is 5. The summed E-state index contributed by atoms with van der Waals surface area (Å²) in [6, 6.07) is 11.7. The van der Waals surface area contributed by atoms with Crippen LogP contribution in [-0.4, -0.2) is 48.3 Å². The van der Waals surface area contributed by atoms with Gasteiger partial charge in [-0.1, -0.05) is 44.0 Å². The molecule has 1 fully saturated rings. The number of carbonyl (C=O) groups is 2. The molecule has 2 aromatic rings. The van der Waals surface area contributed by atoms with Crippen LogP contribution in [0.15, 0.2) is 48.6 Å². The molecule has 6 nitrogen and oxygen atoms in total. The Hall–Kier alpha value is -2.48. The van der Waals surface area contributed by atoms with E-state index in [1.807, 2.05) is 31.2 Å². The van der Waals surface area contributed by atoms with Gasteiger partial charge in [0.2, 0.25) is 0 Å². The molecule has 1 N–H and O–H groups in total. The van der Waals surface area contributed by atoms with Gasteiger partial charge in [0.25, 0.3) is 0 Å². The average Bonchev–Trinajstić information content (AvgIpc) is 3.13. The normalized spacial score (nSPS) is 22.7. The number of halogens is 1. The summed E-state index contributed by atoms with van der Waals surface area (Å²) in [6.07, 6.45) is 9.12. The molecule has 1 aliphatic heterocycles. The highest BCUT2D eigenvalue weighted by Crippen LogP contribution is 2.41. The summed E-state index contributed by atoms with van der Waals surface area (Å²) < 4.78 is 21.2. The van der Waals surface area contributed by atoms with E-state index in [-0.39, 0.29) is 34.7 Å². The van der Waals surface area contributed by atoms with Crippen molar-refractivity contribution in [2.24, 2.45) is 17.8 Å². The van der Waals surface area contributed by atoms with Crippen LogP contribution in [0.25, 0.3) is 0 Å². The minimum Gasteiger partial charge on any atom is -0.491 e. The molecule has 0 spiro atoms. The van der Waals surface area contributed by atoms with E-state index in [0.29, 0.717) is 18.6 Å². The molecule has 222 valence electrons. The highest BCUT2D eigenvalue weighted by molar-refractivity contribution is 7.83. The van der Waals surface area contributed by atoms with Crippen molar-refractivity contribution in [2.45, 2.75) is 64.0 Å². The van der Waals surface area contributed by atoms with Crippen LogP contribution in [0.5, 0.6) is 5.75 Å². The van der Waals surface area contributed by atoms with E-state index in [2.05, 4.69) is 35.6 Å². The summed E-state index contributed by atoms with van der Waals surface area (Å²) in [5.74, 6) is 1.48. The van der Waals surface area contributed by atoms with Gasteiger partial charge in [0.1, 0.15) is 12.0 Å². The second kappa shape index (κ2) is 14.6. The van der Waals surface area contributed by atoms with Gasteiger partial charge in [0.15, 0.2) is 5.78 Å². The second-order valence-corrected chi connectivity index (χ2v) is 13.7. The number of anilines is 1. The number of rotatable bonds is 13. The van der Waals surface area contributed by atoms with E-state index in [9.17, 15) is 13.8 Å². The lowest BCUT2D eigenvalue weighted by molar-refractivity contribution is -0.122. The van der Waals surface area contributed by atoms with Gasteiger partial charge in [-0.05, 0) is 99.0 Å². The Morgan fingerprint density at radius 3 is 2.71 bits per heavy atom. The molecule has 0 aromatic heterocycles. The molecule has 41 heavy (non-hydrogen) atoms. The first-order valence-corrected chi connectivity index (χ1v) is 16.4. The molecular weight excluding hydrogens is 556 g/mol. The molecule has 0 bridgehead atoms. The maximum absolute atomic E-state index is 13.2. The summed E-state index contributed by atoms with van der Waals surface area (Å²) in [7, 11) is 0.619. The minimum absolute atomic E-state index is 0.00390. The van der Waals surface area contributed by atoms with Gasteiger partial charge in [-0.3, -0.25) is 9.59 Å². The zero-order valence-corrected chi connectivity index (χ0v) is 26.2. The average molecular weight is 599 g/mol. The van der Waals surface area contributed by atoms with Crippen LogP contribution < -0.4 is 14.4 Å². The standard InChI is InChI=1S/C33H43ClN2O4S/c1-5-7-25-17-28(34)12-14-29(25)27-19-36(31-16-24(20-37)10-15-33(31)40-21-27)18-26-11-13-30(26)32(38)9-6-8-22(2)23(3)41(39)35-4/h6,9-10,12,14-17,20,22-23,26-27,30,35H,5,7-8,11,13,18-19,21H2,1-4H3/b9-6+. The Balaban J connectivity index is 1.51. The largest absolute Gasteiger partial charge is 0.491 e. The molecule has 1 heterocycles. The van der Waals surface area contributed by atoms with E-state index in [1.165, 1.54) is 11.1 Å². The smallest absolute Gasteiger partial charge is 0.158 e. The molecule has 2 aliphatic rings. The highest BCUT2D eigenvalue weighted by Gasteiger charge is 2.38. The summed E-state index contributed by atoms with van der Waals surface area (Å²) in [5, 5.41) is 0.745. The number of ketones is 1. The van der Waals surface area contributed by atoms with Crippen LogP contribution in [0.2, 0.25) is 5.02 Å². The van der Waals surface area contributed by atoms with Crippen LogP contribution >= 0.6 is 11.6 Å². The third kappa shape index (κ3) is 7.68. The molecule has 0 radical (unpaired) electrons. The molecule has 4 rings (SSSR count). The monoisotopic (exact) mass is 598 g/mol. The molecule has 6 atom stereocenters. The van der Waals surface area contributed by atoms with Gasteiger partial charge in [0, 0.05) is 40.8 Å². The number of carbonyl (C=O) groups excluding carboxylic acids is 2. The lowest BCUT2D eigenvalue weighted by Crippen LogP contribution is -2.42. The maximum Gasteiger partial charge on any atom is 0.158 e. The molecule has 8 heteroatoms. The first kappa shape index (κ1) is 31.5. The van der Waals surface area contributed by atoms with Crippen molar-refractivity contribution in [1.82, 2.24) is 4.72 Å². The topological polar surface area (TPSA) is 75.7 Å². The van der Waals surface area contributed by atoms with Gasteiger partial charge in [0.05, 0.1) is 23.3 Å². The van der Waals surface area contributed by atoms with Crippen molar-refractivity contribution in [3.8, 4) is 5.75 Å². The predicted molar refractivity (Wildman–Crippen MR) is 169 cm³/mol. The number of fused-ring (bicyclic) bond motifs is 1. The molecule has 2 aromatic carbocycles. The number of aldehydes is 1. The fraction of sp³-hybridized carbons (Fsp3) is 0.515. The lowest BCUT2D eigenvalue weighted by Gasteiger charge is -2.40. The van der Waals surface area contributed by atoms with Gasteiger partial charge < -0.3 is 9.64 Å². The molecule has 0 saturated heterocycles. The van der Waals surface area contributed by atoms with E-state index in [4.69, 9.17) is 16.3 Å². The fourth-order valence-corrected chi connectivity index (χ4v) is 7.06. The number of aryl methyl sites for hydroxylation is 1. The zero-order valence-electron chi connectivity index (χ0n) is 24.6. The molecule has 0 amide bonds. The predicted octanol–water partition coefficient (Wildman–Crippen LogP) is 6.54. The zero-order chi connectivity index (χ0) is 29.5. The highest BCUT2D eigenvalue weighted by atomic mass is 35.5. The van der Waals surface area contributed by atoms with Crippen LogP contribution in [-0.2, 0) is 22.2 Å². The van der Waals surface area contributed by atoms with Crippen molar-refractivity contribution in [3.63, 3.8) is 0 Å². The van der Waals surface area contributed by atoms with Gasteiger partial charge in [-0.15, -0.1) is 0 Å². The molecule has 1 aliphatic carbocycles. The number of ether oxygens (including phenoxy) is 1. The van der Waals surface area contributed by atoms with Gasteiger partial charge >= 0.3 is 0 Å². The Morgan fingerprint density at radius 1 is 1.22 bits per heavy atom. The summed E-state index contributed by atoms with van der Waals surface area (Å²) in [4.78, 5) is 27.2. The van der Waals surface area contributed by atoms with Crippen molar-refractivity contribution < 1.29 is 18.5 Å². The van der Waals surface area contributed by atoms with E-state index in [1.54, 1.807) is 19.2 Å². The number of allylic oxidation sites excluding steroid dienone is 2. The quantitative estimate of drug-likeness (QED) is 0.209.